The third-order valence-corrected chi connectivity index (χ3v) is 35.5. The minimum Gasteiger partial charge on any atom is -0.404 e. The second kappa shape index (κ2) is 42.2. The van der Waals surface area contributed by atoms with Gasteiger partial charge >= 0.3 is 52.8 Å². The zero-order valence-electron chi connectivity index (χ0n) is 59.4. The molecule has 98 heavy (non-hydrogen) atoms. The second-order valence-electron chi connectivity index (χ2n) is 22.7. The molecule has 0 heterocycles. The van der Waals surface area contributed by atoms with Crippen LogP contribution >= 0.6 is 0 Å². The van der Waals surface area contributed by atoms with Crippen molar-refractivity contribution in [3.63, 3.8) is 0 Å². The van der Waals surface area contributed by atoms with Crippen molar-refractivity contribution in [1.82, 2.24) is 0 Å². The summed E-state index contributed by atoms with van der Waals surface area (Å²) in [5.41, 5.74) is 53.1. The van der Waals surface area contributed by atoms with E-state index < -0.39 is 60.9 Å². The Balaban J connectivity index is 0.000000308. The van der Waals surface area contributed by atoms with Gasteiger partial charge in [-0.1, -0.05) is 115 Å². The summed E-state index contributed by atoms with van der Waals surface area (Å²) >= 11 is 0. The average Bonchev–Trinajstić information content (AvgIpc) is 0.818. The molecule has 536 valence electrons. The monoisotopic (exact) mass is 1470 g/mol. The zero-order valence-corrected chi connectivity index (χ0v) is 66.6. The van der Waals surface area contributed by atoms with E-state index in [4.69, 9.17) is 103 Å². The number of anilines is 8. The number of aryl methyl sites for hydroxylation is 1. The largest absolute Gasteiger partial charge is 0.504 e. The second-order valence-corrected chi connectivity index (χ2v) is 44.7. The van der Waals surface area contributed by atoms with Gasteiger partial charge in [0.1, 0.15) is 0 Å². The third-order valence-electron chi connectivity index (χ3n) is 16.1. The number of hydrogen-bond donors (Lipinski definition) is 10. The van der Waals surface area contributed by atoms with Crippen molar-refractivity contribution in [1.29, 1.82) is 0 Å². The molecule has 23 nitrogen and oxygen atoms in total. The van der Waals surface area contributed by atoms with Crippen molar-refractivity contribution in [2.45, 2.75) is 43.7 Å². The van der Waals surface area contributed by atoms with Crippen molar-refractivity contribution >= 4 is 138 Å². The lowest BCUT2D eigenvalue weighted by molar-refractivity contribution is 0.122. The lowest BCUT2D eigenvalue weighted by atomic mass is 10.2. The van der Waals surface area contributed by atoms with Crippen LogP contribution in [0.4, 0.5) is 45.5 Å². The van der Waals surface area contributed by atoms with E-state index in [1.165, 1.54) is 10.8 Å². The Morgan fingerprint density at radius 3 is 0.827 bits per heavy atom. The minimum absolute atomic E-state index is 0.497. The summed E-state index contributed by atoms with van der Waals surface area (Å²) in [4.78, 5) is 20.5. The average molecular weight is 1470 g/mol. The van der Waals surface area contributed by atoms with E-state index >= 15 is 0 Å². The van der Waals surface area contributed by atoms with Crippen LogP contribution in [0.2, 0.25) is 31.2 Å². The highest BCUT2D eigenvalue weighted by Gasteiger charge is 2.43. The molecule has 18 N–H and O–H groups in total. The third kappa shape index (κ3) is 26.3. The molecular formula is C68H106N8O15Si7. The van der Waals surface area contributed by atoms with Crippen molar-refractivity contribution in [3.05, 3.63) is 205 Å². The van der Waals surface area contributed by atoms with E-state index in [0.29, 0.717) is 27.8 Å². The van der Waals surface area contributed by atoms with Gasteiger partial charge in [-0.3, -0.25) is 0 Å². The lowest BCUT2D eigenvalue weighted by Gasteiger charge is -2.29. The van der Waals surface area contributed by atoms with Crippen molar-refractivity contribution in [2.24, 2.45) is 0 Å². The molecule has 0 bridgehead atoms. The van der Waals surface area contributed by atoms with Crippen LogP contribution in [0.15, 0.2) is 194 Å². The van der Waals surface area contributed by atoms with Crippen LogP contribution in [0, 0.1) is 0 Å². The molecule has 0 aromatic heterocycles. The topological polar surface area (TPSA) is 369 Å². The van der Waals surface area contributed by atoms with Gasteiger partial charge in [-0.15, -0.1) is 0 Å². The van der Waals surface area contributed by atoms with Crippen LogP contribution in [0.25, 0.3) is 0 Å². The molecule has 0 amide bonds. The fraction of sp³-hybridized carbons (Fsp3) is 0.294. The van der Waals surface area contributed by atoms with E-state index in [9.17, 15) is 9.59 Å². The van der Waals surface area contributed by atoms with Crippen LogP contribution in [0.5, 0.6) is 0 Å². The van der Waals surface area contributed by atoms with Gasteiger partial charge in [-0.2, -0.15) is 0 Å². The summed E-state index contributed by atoms with van der Waals surface area (Å²) in [5, 5.41) is 5.52. The predicted octanol–water partition coefficient (Wildman–Crippen LogP) is 5.06. The molecule has 0 aliphatic heterocycles. The molecule has 0 spiro atoms. The summed E-state index contributed by atoms with van der Waals surface area (Å²) in [6.45, 7) is 4.69. The van der Waals surface area contributed by atoms with E-state index in [2.05, 4.69) is 25.2 Å². The highest BCUT2D eigenvalue weighted by atomic mass is 28.4. The summed E-state index contributed by atoms with van der Waals surface area (Å²) in [7, 11) is 4.52. The number of nitrogens with two attached hydrogens (primary N) is 8. The minimum atomic E-state index is -3.61. The van der Waals surface area contributed by atoms with Gasteiger partial charge in [-0.25, -0.2) is 0 Å². The van der Waals surface area contributed by atoms with Gasteiger partial charge in [0.2, 0.25) is 0 Å². The summed E-state index contributed by atoms with van der Waals surface area (Å²) in [6.07, 6.45) is 0.863. The van der Waals surface area contributed by atoms with Crippen molar-refractivity contribution in [3.8, 4) is 0 Å². The van der Waals surface area contributed by atoms with Crippen LogP contribution in [-0.2, 0) is 70.0 Å². The predicted molar refractivity (Wildman–Crippen MR) is 415 cm³/mol. The first-order valence-electron chi connectivity index (χ1n) is 31.0. The first kappa shape index (κ1) is 85.3. The Morgan fingerprint density at radius 2 is 0.541 bits per heavy atom. The Hall–Kier alpha value is -6.92. The molecule has 30 heteroatoms. The normalized spacial score (nSPS) is 11.7. The van der Waals surface area contributed by atoms with Gasteiger partial charge in [0.25, 0.3) is 0 Å². The van der Waals surface area contributed by atoms with E-state index in [1.54, 1.807) is 141 Å². The highest BCUT2D eigenvalue weighted by Crippen LogP contribution is 2.23. The quantitative estimate of drug-likeness (QED) is 0.0237. The Morgan fingerprint density at radius 1 is 0.286 bits per heavy atom. The lowest BCUT2D eigenvalue weighted by Crippen LogP contribution is -2.62. The van der Waals surface area contributed by atoms with E-state index in [1.807, 2.05) is 133 Å². The van der Waals surface area contributed by atoms with Crippen LogP contribution in [0.3, 0.4) is 0 Å². The number of rotatable bonds is 27. The first-order chi connectivity index (χ1) is 46.6. The highest BCUT2D eigenvalue weighted by molar-refractivity contribution is 6.92. The smallest absolute Gasteiger partial charge is 0.404 e. The van der Waals surface area contributed by atoms with Gasteiger partial charge < -0.3 is 113 Å². The first-order valence-corrected chi connectivity index (χ1v) is 45.2. The van der Waals surface area contributed by atoms with Crippen LogP contribution in [0.1, 0.15) is 11.1 Å². The molecule has 0 saturated heterocycles. The molecule has 0 atom stereocenters. The Labute approximate surface area is 588 Å². The number of hydrogen-bond acceptors (Lipinski definition) is 23. The maximum Gasteiger partial charge on any atom is 0.504 e. The molecular weight excluding hydrogens is 1370 g/mol. The molecule has 0 radical (unpaired) electrons. The maximum absolute atomic E-state index is 10.3. The summed E-state index contributed by atoms with van der Waals surface area (Å²) in [6, 6.07) is 62.9. The summed E-state index contributed by atoms with van der Waals surface area (Å²) < 4.78 is 70.5. The number of nitrogen functional groups attached to an aromatic ring is 8. The molecule has 8 aromatic rings. The zero-order chi connectivity index (χ0) is 73.2. The Bertz CT molecular complexity index is 3340. The summed E-state index contributed by atoms with van der Waals surface area (Å²) in [5.74, 6) is 0. The molecule has 0 saturated carbocycles. The molecule has 0 fully saturated rings. The van der Waals surface area contributed by atoms with Gasteiger partial charge in [-0.05, 0) is 147 Å². The van der Waals surface area contributed by atoms with Crippen molar-refractivity contribution in [2.75, 3.05) is 138 Å². The fourth-order valence-corrected chi connectivity index (χ4v) is 24.8. The molecule has 8 rings (SSSR count). The molecule has 0 aliphatic rings. The Kier molecular flexibility index (Phi) is 36.8. The standard InChI is InChI=1S/C14H18N2O2Si.C13H25NO3Si2.C12H14N2O2Si.C11H19NO3Si.C10H17NO3Si.C8H13NO2Si/c1-17-19(18-2,13-7-3-11(15)4-8-13)14-9-5-12(16)6-10-14;1-15-19(16-2,17-3)11-10-18(4,5)13-8-6-12(14)7-9-13;13-9-1-5-11(6-2-9)17(15,16)12-7-3-10(14)4-8-12;1-13-16(14-2,15-3)9-8-10-4-6-11(12)7-5-10;1-12-15(13-2,14-3)8-9-4-6-10(11)7-5-9;1-10-12(11-2)8-5-3-7(9)4-6-8/h3-10H,15-16H2,1-2H3;6-9H,10-11,14H2,1-5H3;1-8,15-16H,13-14H2;4-7H,8-9,12H2,1-3H3;4-7H,8,11H2,1-3H3;3-6,12H,9H2,1-2H3. The van der Waals surface area contributed by atoms with E-state index in [-0.39, 0.29) is 0 Å². The van der Waals surface area contributed by atoms with Crippen LogP contribution < -0.4 is 77.0 Å². The number of benzene rings is 8. The molecule has 8 aromatic carbocycles. The fourth-order valence-electron chi connectivity index (χ4n) is 9.74. The van der Waals surface area contributed by atoms with Crippen LogP contribution in [-0.4, -0.2) is 163 Å². The maximum atomic E-state index is 10.3. The van der Waals surface area contributed by atoms with E-state index in [0.717, 1.165) is 79.8 Å². The molecule has 0 unspecified atom stereocenters. The molecule has 0 aliphatic carbocycles. The van der Waals surface area contributed by atoms with Gasteiger partial charge in [0.15, 0.2) is 0 Å². The van der Waals surface area contributed by atoms with Gasteiger partial charge in [0, 0.05) is 156 Å². The van der Waals surface area contributed by atoms with Crippen molar-refractivity contribution < 1.29 is 67.1 Å². The van der Waals surface area contributed by atoms with Gasteiger partial charge in [0.05, 0.1) is 8.07 Å². The SMILES string of the molecule is CO[SiH](OC)c1ccc(N)cc1.CO[Si](CC[Si](C)(C)c1ccc(N)cc1)(OC)OC.CO[Si](CCc1ccc(N)cc1)(OC)OC.CO[Si](Cc1ccc(N)cc1)(OC)OC.CO[Si](OC)(c1ccc(N)cc1)c1ccc(N)cc1.Nc1ccc([Si](O)(O)c2ccc(N)cc2)cc1.